The zero-order valence-electron chi connectivity index (χ0n) is 17.8. The van der Waals surface area contributed by atoms with Crippen LogP contribution in [0, 0.1) is 13.8 Å². The summed E-state index contributed by atoms with van der Waals surface area (Å²) in [7, 11) is 1.66. The second-order valence-corrected chi connectivity index (χ2v) is 7.86. The largest absolute Gasteiger partial charge is 0.332 e. The summed E-state index contributed by atoms with van der Waals surface area (Å²) in [6, 6.07) is 13.9. The van der Waals surface area contributed by atoms with Crippen molar-refractivity contribution in [2.24, 2.45) is 7.05 Å². The van der Waals surface area contributed by atoms with Gasteiger partial charge in [0.2, 0.25) is 5.78 Å². The number of nitrogens with zero attached hydrogens (tertiary/aromatic N) is 5. The van der Waals surface area contributed by atoms with Crippen LogP contribution < -0.4 is 11.2 Å². The molecule has 5 aromatic rings. The Kier molecular flexibility index (Phi) is 4.22. The Morgan fingerprint density at radius 3 is 2.52 bits per heavy atom. The van der Waals surface area contributed by atoms with E-state index in [2.05, 4.69) is 11.6 Å². The summed E-state index contributed by atoms with van der Waals surface area (Å²) in [6.07, 6.45) is 1.80. The monoisotopic (exact) mass is 413 g/mol. The van der Waals surface area contributed by atoms with E-state index in [1.807, 2.05) is 65.3 Å². The Balaban J connectivity index is 1.83. The average Bonchev–Trinajstić information content (AvgIpc) is 3.27. The highest BCUT2D eigenvalue weighted by molar-refractivity contribution is 5.85. The van der Waals surface area contributed by atoms with Gasteiger partial charge in [0.1, 0.15) is 0 Å². The molecule has 156 valence electrons. The molecular weight excluding hydrogens is 390 g/mol. The number of hydrogen-bond donors (Lipinski definition) is 0. The molecule has 5 rings (SSSR count). The van der Waals surface area contributed by atoms with Crippen LogP contribution in [0.4, 0.5) is 0 Å². The van der Waals surface area contributed by atoms with Crippen LogP contribution in [0.5, 0.6) is 0 Å². The normalized spacial score (nSPS) is 11.7. The number of aromatic nitrogens is 5. The minimum Gasteiger partial charge on any atom is -0.310 e. The number of benzene rings is 2. The zero-order chi connectivity index (χ0) is 21.9. The van der Waals surface area contributed by atoms with Gasteiger partial charge in [-0.2, -0.15) is 4.98 Å². The summed E-state index contributed by atoms with van der Waals surface area (Å²) in [5.41, 5.74) is 2.95. The first-order valence-corrected chi connectivity index (χ1v) is 10.2. The first-order chi connectivity index (χ1) is 14.9. The lowest BCUT2D eigenvalue weighted by molar-refractivity contribution is 0.658. The maximum absolute atomic E-state index is 13.6. The lowest BCUT2D eigenvalue weighted by Gasteiger charge is -2.11. The van der Waals surface area contributed by atoms with E-state index < -0.39 is 0 Å². The molecule has 0 spiro atoms. The molecule has 31 heavy (non-hydrogen) atoms. The van der Waals surface area contributed by atoms with E-state index in [9.17, 15) is 9.59 Å². The summed E-state index contributed by atoms with van der Waals surface area (Å²) >= 11 is 0. The van der Waals surface area contributed by atoms with Gasteiger partial charge in [-0.15, -0.1) is 6.58 Å². The molecule has 0 aliphatic carbocycles. The number of fused-ring (bicyclic) bond motifs is 4. The van der Waals surface area contributed by atoms with Crippen LogP contribution in [0.25, 0.3) is 27.7 Å². The highest BCUT2D eigenvalue weighted by atomic mass is 16.2. The van der Waals surface area contributed by atoms with Crippen LogP contribution in [0.3, 0.4) is 0 Å². The van der Waals surface area contributed by atoms with Gasteiger partial charge in [-0.3, -0.25) is 18.3 Å². The lowest BCUT2D eigenvalue weighted by atomic mass is 10.0. The van der Waals surface area contributed by atoms with Gasteiger partial charge in [0.15, 0.2) is 11.2 Å². The van der Waals surface area contributed by atoms with Crippen molar-refractivity contribution >= 4 is 27.7 Å². The SMILES string of the molecule is C=CCn1c(C)c(C)n2c3c(=O)n(Cc4cccc5ccccc45)c(=O)n(C)c3nc12. The molecule has 0 bridgehead atoms. The zero-order valence-corrected chi connectivity index (χ0v) is 17.8. The van der Waals surface area contributed by atoms with Gasteiger partial charge in [0.25, 0.3) is 5.56 Å². The fraction of sp³-hybridized carbons (Fsp3) is 0.208. The number of rotatable bonds is 4. The van der Waals surface area contributed by atoms with Crippen LogP contribution in [0.15, 0.2) is 64.7 Å². The quantitative estimate of drug-likeness (QED) is 0.425. The maximum Gasteiger partial charge on any atom is 0.332 e. The molecule has 3 heterocycles. The van der Waals surface area contributed by atoms with Crippen LogP contribution in [0.1, 0.15) is 17.0 Å². The van der Waals surface area contributed by atoms with Crippen LogP contribution in [-0.4, -0.2) is 23.1 Å². The van der Waals surface area contributed by atoms with Crippen LogP contribution in [-0.2, 0) is 20.1 Å². The van der Waals surface area contributed by atoms with Crippen molar-refractivity contribution in [3.8, 4) is 0 Å². The summed E-state index contributed by atoms with van der Waals surface area (Å²) in [6.45, 7) is 8.55. The number of aryl methyl sites for hydroxylation is 2. The Bertz CT molecular complexity index is 1620. The summed E-state index contributed by atoms with van der Waals surface area (Å²) in [4.78, 5) is 31.4. The molecule has 0 amide bonds. The van der Waals surface area contributed by atoms with Crippen molar-refractivity contribution < 1.29 is 0 Å². The van der Waals surface area contributed by atoms with E-state index in [1.165, 1.54) is 9.13 Å². The van der Waals surface area contributed by atoms with Crippen molar-refractivity contribution in [2.45, 2.75) is 26.9 Å². The topological polar surface area (TPSA) is 66.2 Å². The number of hydrogen-bond acceptors (Lipinski definition) is 3. The van der Waals surface area contributed by atoms with Gasteiger partial charge in [-0.25, -0.2) is 4.79 Å². The molecule has 0 fully saturated rings. The predicted octanol–water partition coefficient (Wildman–Crippen LogP) is 3.15. The highest BCUT2D eigenvalue weighted by Crippen LogP contribution is 2.22. The number of imidazole rings is 2. The van der Waals surface area contributed by atoms with Crippen molar-refractivity contribution in [3.05, 3.63) is 92.9 Å². The molecule has 0 radical (unpaired) electrons. The molecule has 7 heteroatoms. The third-order valence-electron chi connectivity index (χ3n) is 6.15. The van der Waals surface area contributed by atoms with E-state index in [0.717, 1.165) is 27.7 Å². The molecule has 3 aromatic heterocycles. The summed E-state index contributed by atoms with van der Waals surface area (Å²) in [5, 5.41) is 2.10. The second-order valence-electron chi connectivity index (χ2n) is 7.86. The molecule has 7 nitrogen and oxygen atoms in total. The Labute approximate surface area is 178 Å². The van der Waals surface area contributed by atoms with Gasteiger partial charge >= 0.3 is 5.69 Å². The first-order valence-electron chi connectivity index (χ1n) is 10.2. The minimum atomic E-state index is -0.379. The fourth-order valence-corrected chi connectivity index (χ4v) is 4.40. The minimum absolute atomic E-state index is 0.196. The van der Waals surface area contributed by atoms with Crippen molar-refractivity contribution in [3.63, 3.8) is 0 Å². The molecule has 0 saturated heterocycles. The first kappa shape index (κ1) is 19.1. The van der Waals surface area contributed by atoms with E-state index in [0.29, 0.717) is 23.5 Å². The van der Waals surface area contributed by atoms with Crippen molar-refractivity contribution in [1.29, 1.82) is 0 Å². The van der Waals surface area contributed by atoms with Gasteiger partial charge < -0.3 is 4.57 Å². The van der Waals surface area contributed by atoms with Gasteiger partial charge in [0.05, 0.1) is 6.54 Å². The smallest absolute Gasteiger partial charge is 0.310 e. The molecule has 0 unspecified atom stereocenters. The second kappa shape index (κ2) is 6.84. The fourth-order valence-electron chi connectivity index (χ4n) is 4.40. The lowest BCUT2D eigenvalue weighted by Crippen LogP contribution is -2.39. The standard InChI is InChI=1S/C24H23N5O2/c1-5-13-27-15(2)16(3)29-20-21(25-23(27)29)26(4)24(31)28(22(20)30)14-18-11-8-10-17-9-6-7-12-19(17)18/h5-12H,1,13-14H2,2-4H3. The molecular formula is C24H23N5O2. The van der Waals surface area contributed by atoms with E-state index in [-0.39, 0.29) is 17.8 Å². The number of allylic oxidation sites excluding steroid dienone is 1. The summed E-state index contributed by atoms with van der Waals surface area (Å²) in [5.74, 6) is 0.639. The van der Waals surface area contributed by atoms with Crippen LogP contribution in [0.2, 0.25) is 0 Å². The Morgan fingerprint density at radius 1 is 1.00 bits per heavy atom. The van der Waals surface area contributed by atoms with Crippen molar-refractivity contribution in [2.75, 3.05) is 0 Å². The van der Waals surface area contributed by atoms with E-state index >= 15 is 0 Å². The molecule has 2 aromatic carbocycles. The molecule has 0 aliphatic rings. The molecule has 0 aliphatic heterocycles. The molecule has 0 atom stereocenters. The maximum atomic E-state index is 13.6. The summed E-state index contributed by atoms with van der Waals surface area (Å²) < 4.78 is 6.62. The third kappa shape index (κ3) is 2.63. The van der Waals surface area contributed by atoms with Crippen LogP contribution >= 0.6 is 0 Å². The Morgan fingerprint density at radius 2 is 1.74 bits per heavy atom. The molecule has 0 saturated carbocycles. The van der Waals surface area contributed by atoms with E-state index in [1.54, 1.807) is 13.1 Å². The van der Waals surface area contributed by atoms with Gasteiger partial charge in [0, 0.05) is 25.0 Å². The van der Waals surface area contributed by atoms with Gasteiger partial charge in [-0.1, -0.05) is 48.5 Å². The van der Waals surface area contributed by atoms with Gasteiger partial charge in [-0.05, 0) is 30.2 Å². The van der Waals surface area contributed by atoms with Crippen molar-refractivity contribution in [1.82, 2.24) is 23.1 Å². The Hall–Kier alpha value is -3.87. The molecule has 0 N–H and O–H groups in total. The third-order valence-corrected chi connectivity index (χ3v) is 6.15. The van der Waals surface area contributed by atoms with E-state index in [4.69, 9.17) is 0 Å². The average molecular weight is 413 g/mol. The predicted molar refractivity (Wildman–Crippen MR) is 123 cm³/mol. The highest BCUT2D eigenvalue weighted by Gasteiger charge is 2.22.